The van der Waals surface area contributed by atoms with Crippen molar-refractivity contribution in [3.63, 3.8) is 0 Å². The van der Waals surface area contributed by atoms with E-state index in [-0.39, 0.29) is 49.3 Å². The normalized spacial score (nSPS) is 27.5. The first-order valence-corrected chi connectivity index (χ1v) is 16.3. The van der Waals surface area contributed by atoms with Crippen LogP contribution in [-0.4, -0.2) is 61.8 Å². The number of ether oxygens (including phenoxy) is 4. The maximum Gasteiger partial charge on any atom is 0.347 e. The molecule has 0 radical (unpaired) electrons. The summed E-state index contributed by atoms with van der Waals surface area (Å²) >= 11 is 6.31. The monoisotopic (exact) mass is 668 g/mol. The minimum atomic E-state index is -1.16. The van der Waals surface area contributed by atoms with E-state index in [0.29, 0.717) is 16.3 Å². The smallest absolute Gasteiger partial charge is 0.347 e. The number of methoxy groups -OCH3 is 1. The molecule has 1 saturated heterocycles. The Morgan fingerprint density at radius 3 is 2.40 bits per heavy atom. The molecule has 7 atom stereocenters. The Kier molecular flexibility index (Phi) is 12.1. The van der Waals surface area contributed by atoms with Gasteiger partial charge in [-0.15, -0.1) is 0 Å². The molecule has 4 rings (SSSR count). The number of epoxide rings is 1. The van der Waals surface area contributed by atoms with Crippen molar-refractivity contribution in [3.8, 4) is 5.75 Å². The maximum absolute atomic E-state index is 13.6. The molecule has 2 amide bonds. The lowest BCUT2D eigenvalue weighted by Gasteiger charge is -2.29. The van der Waals surface area contributed by atoms with Gasteiger partial charge in [-0.1, -0.05) is 88.7 Å². The Bertz CT molecular complexity index is 1460. The minimum absolute atomic E-state index is 0.0694. The van der Waals surface area contributed by atoms with Gasteiger partial charge in [-0.2, -0.15) is 0 Å². The SMILES string of the molecule is COc1ccc(C[C@H]2NC(=O)/C=C\C[C@@H]([C@H](C)[C@H]3O[C@@H]3c3ccccc3)OC(=O)[C@H](CC(C)(C)C)OC(=O)[C@H](C)CNC2=O)cc1Cl. The summed E-state index contributed by atoms with van der Waals surface area (Å²) in [5.74, 6) is -2.85. The van der Waals surface area contributed by atoms with Crippen molar-refractivity contribution in [2.45, 2.75) is 84.3 Å². The van der Waals surface area contributed by atoms with Gasteiger partial charge in [0.15, 0.2) is 6.10 Å². The molecule has 47 heavy (non-hydrogen) atoms. The number of nitrogens with one attached hydrogen (secondary N) is 2. The van der Waals surface area contributed by atoms with Crippen LogP contribution in [0.2, 0.25) is 5.02 Å². The van der Waals surface area contributed by atoms with Crippen LogP contribution in [0.5, 0.6) is 5.75 Å². The zero-order valence-corrected chi connectivity index (χ0v) is 28.5. The Labute approximate surface area is 281 Å². The second kappa shape index (κ2) is 15.8. The molecular formula is C36H45ClN2O8. The molecule has 11 heteroatoms. The average molecular weight is 669 g/mol. The first kappa shape index (κ1) is 36.0. The van der Waals surface area contributed by atoms with Gasteiger partial charge in [-0.3, -0.25) is 14.4 Å². The molecule has 2 aromatic rings. The van der Waals surface area contributed by atoms with Gasteiger partial charge < -0.3 is 29.6 Å². The first-order chi connectivity index (χ1) is 22.3. The van der Waals surface area contributed by atoms with Gasteiger partial charge in [0.25, 0.3) is 0 Å². The summed E-state index contributed by atoms with van der Waals surface area (Å²) in [7, 11) is 1.51. The molecule has 2 aliphatic rings. The van der Waals surface area contributed by atoms with Gasteiger partial charge in [-0.05, 0) is 34.8 Å². The van der Waals surface area contributed by atoms with Gasteiger partial charge in [0, 0.05) is 31.7 Å². The molecule has 254 valence electrons. The first-order valence-electron chi connectivity index (χ1n) is 15.9. The highest BCUT2D eigenvalue weighted by Crippen LogP contribution is 2.45. The number of amides is 2. The van der Waals surface area contributed by atoms with Crippen LogP contribution >= 0.6 is 11.6 Å². The molecule has 2 heterocycles. The molecular weight excluding hydrogens is 624 g/mol. The molecule has 2 aliphatic heterocycles. The van der Waals surface area contributed by atoms with E-state index in [1.807, 2.05) is 58.0 Å². The second-order valence-electron chi connectivity index (χ2n) is 13.5. The third kappa shape index (κ3) is 10.3. The largest absolute Gasteiger partial charge is 0.495 e. The predicted octanol–water partition coefficient (Wildman–Crippen LogP) is 5.12. The van der Waals surface area contributed by atoms with Crippen LogP contribution in [0.4, 0.5) is 0 Å². The van der Waals surface area contributed by atoms with Crippen molar-refractivity contribution in [1.82, 2.24) is 10.6 Å². The number of halogens is 1. The lowest BCUT2D eigenvalue weighted by molar-refractivity contribution is -0.177. The van der Waals surface area contributed by atoms with E-state index in [4.69, 9.17) is 30.5 Å². The fraction of sp³-hybridized carbons (Fsp3) is 0.500. The minimum Gasteiger partial charge on any atom is -0.495 e. The Morgan fingerprint density at radius 2 is 1.74 bits per heavy atom. The molecule has 2 N–H and O–H groups in total. The molecule has 0 unspecified atom stereocenters. The van der Waals surface area contributed by atoms with Gasteiger partial charge in [0.2, 0.25) is 11.8 Å². The van der Waals surface area contributed by atoms with Crippen molar-refractivity contribution >= 4 is 35.4 Å². The fourth-order valence-electron chi connectivity index (χ4n) is 5.50. The van der Waals surface area contributed by atoms with E-state index >= 15 is 0 Å². The number of cyclic esters (lactones) is 2. The highest BCUT2D eigenvalue weighted by Gasteiger charge is 2.47. The van der Waals surface area contributed by atoms with Gasteiger partial charge in [-0.25, -0.2) is 4.79 Å². The summed E-state index contributed by atoms with van der Waals surface area (Å²) in [4.78, 5) is 53.3. The highest BCUT2D eigenvalue weighted by atomic mass is 35.5. The van der Waals surface area contributed by atoms with Gasteiger partial charge in [0.1, 0.15) is 24.0 Å². The topological polar surface area (TPSA) is 133 Å². The van der Waals surface area contributed by atoms with Crippen LogP contribution < -0.4 is 15.4 Å². The number of benzene rings is 2. The lowest BCUT2D eigenvalue weighted by Crippen LogP contribution is -2.49. The van der Waals surface area contributed by atoms with Crippen molar-refractivity contribution in [2.75, 3.05) is 13.7 Å². The van der Waals surface area contributed by atoms with Crippen LogP contribution in [0.1, 0.15) is 64.7 Å². The number of esters is 2. The molecule has 0 saturated carbocycles. The van der Waals surface area contributed by atoms with Crippen LogP contribution in [0.3, 0.4) is 0 Å². The predicted molar refractivity (Wildman–Crippen MR) is 177 cm³/mol. The molecule has 10 nitrogen and oxygen atoms in total. The highest BCUT2D eigenvalue weighted by molar-refractivity contribution is 6.32. The quantitative estimate of drug-likeness (QED) is 0.307. The van der Waals surface area contributed by atoms with E-state index < -0.39 is 47.9 Å². The summed E-state index contributed by atoms with van der Waals surface area (Å²) < 4.78 is 23.0. The number of carbonyl (C=O) groups is 4. The molecule has 1 fully saturated rings. The maximum atomic E-state index is 13.6. The van der Waals surface area contributed by atoms with Crippen molar-refractivity contribution < 1.29 is 38.1 Å². The summed E-state index contributed by atoms with van der Waals surface area (Å²) in [5.41, 5.74) is 1.36. The number of carbonyl (C=O) groups excluding carboxylic acids is 4. The van der Waals surface area contributed by atoms with E-state index in [0.717, 1.165) is 5.56 Å². The number of hydrogen-bond donors (Lipinski definition) is 2. The van der Waals surface area contributed by atoms with E-state index in [2.05, 4.69) is 10.6 Å². The van der Waals surface area contributed by atoms with E-state index in [1.165, 1.54) is 13.2 Å². The van der Waals surface area contributed by atoms with Gasteiger partial charge in [0.05, 0.1) is 24.2 Å². The van der Waals surface area contributed by atoms with E-state index in [9.17, 15) is 19.2 Å². The van der Waals surface area contributed by atoms with Crippen LogP contribution in [-0.2, 0) is 39.8 Å². The Balaban J connectivity index is 1.59. The van der Waals surface area contributed by atoms with Gasteiger partial charge >= 0.3 is 11.9 Å². The lowest BCUT2D eigenvalue weighted by atomic mass is 9.89. The fourth-order valence-corrected chi connectivity index (χ4v) is 5.78. The second-order valence-corrected chi connectivity index (χ2v) is 13.9. The van der Waals surface area contributed by atoms with Crippen molar-refractivity contribution in [1.29, 1.82) is 0 Å². The van der Waals surface area contributed by atoms with Crippen LogP contribution in [0.15, 0.2) is 60.7 Å². The van der Waals surface area contributed by atoms with Crippen LogP contribution in [0, 0.1) is 17.3 Å². The summed E-state index contributed by atoms with van der Waals surface area (Å²) in [5, 5.41) is 5.87. The number of hydrogen-bond acceptors (Lipinski definition) is 8. The molecule has 0 aromatic heterocycles. The Morgan fingerprint density at radius 1 is 1.02 bits per heavy atom. The Hall–Kier alpha value is -3.89. The zero-order chi connectivity index (χ0) is 34.3. The molecule has 0 bridgehead atoms. The summed E-state index contributed by atoms with van der Waals surface area (Å²) in [6.07, 6.45) is 1.31. The molecule has 0 spiro atoms. The zero-order valence-electron chi connectivity index (χ0n) is 27.8. The summed E-state index contributed by atoms with van der Waals surface area (Å²) in [6, 6.07) is 13.9. The average Bonchev–Trinajstić information content (AvgIpc) is 3.82. The molecule has 0 aliphatic carbocycles. The van der Waals surface area contributed by atoms with E-state index in [1.54, 1.807) is 31.2 Å². The summed E-state index contributed by atoms with van der Waals surface area (Å²) in [6.45, 7) is 9.29. The van der Waals surface area contributed by atoms with Crippen LogP contribution in [0.25, 0.3) is 0 Å². The van der Waals surface area contributed by atoms with Crippen molar-refractivity contribution in [2.24, 2.45) is 17.3 Å². The third-order valence-electron chi connectivity index (χ3n) is 8.26. The third-order valence-corrected chi connectivity index (χ3v) is 8.55. The van der Waals surface area contributed by atoms with Crippen molar-refractivity contribution in [3.05, 3.63) is 76.8 Å². The molecule has 2 aromatic carbocycles. The number of rotatable bonds is 7. The standard InChI is InChI=1S/C36H45ClN2O8/c1-21-20-38-33(41)26(18-23-15-16-28(44-6)25(37)17-23)39-30(40)14-10-13-27(22(2)31-32(47-31)24-11-8-7-9-12-24)45-35(43)29(46-34(21)42)19-36(3,4)5/h7-12,14-17,21-22,26-27,29,31-32H,13,18-20H2,1-6H3,(H,38,41)(H,39,40)/b14-10-/t21-,22+,26-,27+,29+,31-,32-/m1/s1.